The number of ketones is 1. The van der Waals surface area contributed by atoms with Gasteiger partial charge in [0.2, 0.25) is 5.56 Å². The number of nitrogens with one attached hydrogen (secondary N) is 1. The van der Waals surface area contributed by atoms with Crippen LogP contribution in [0.1, 0.15) is 25.0 Å². The van der Waals surface area contributed by atoms with Crippen molar-refractivity contribution in [2.24, 2.45) is 0 Å². The number of rotatable bonds is 8. The third-order valence-corrected chi connectivity index (χ3v) is 4.88. The number of aromatic amines is 1. The summed E-state index contributed by atoms with van der Waals surface area (Å²) in [4.78, 5) is 38.6. The molecule has 0 atom stereocenters. The Kier molecular flexibility index (Phi) is 7.33. The average molecular weight is 456 g/mol. The van der Waals surface area contributed by atoms with Gasteiger partial charge in [0, 0.05) is 22.0 Å². The highest BCUT2D eigenvalue weighted by molar-refractivity contribution is 6.31. The molecule has 166 valence electrons. The number of benzene rings is 2. The molecule has 1 heterocycles. The van der Waals surface area contributed by atoms with Gasteiger partial charge in [0.1, 0.15) is 12.2 Å². The van der Waals surface area contributed by atoms with Gasteiger partial charge in [-0.25, -0.2) is 4.79 Å². The first-order valence-corrected chi connectivity index (χ1v) is 10.2. The Morgan fingerprint density at radius 3 is 2.56 bits per heavy atom. The maximum absolute atomic E-state index is 12.0. The van der Waals surface area contributed by atoms with Gasteiger partial charge in [-0.1, -0.05) is 23.7 Å². The number of pyridine rings is 1. The Balaban J connectivity index is 1.88. The molecule has 3 rings (SSSR count). The van der Waals surface area contributed by atoms with Crippen molar-refractivity contribution in [3.63, 3.8) is 0 Å². The van der Waals surface area contributed by atoms with Crippen LogP contribution in [0.2, 0.25) is 5.02 Å². The number of esters is 1. The number of fused-ring (bicyclic) bond motifs is 1. The lowest BCUT2D eigenvalue weighted by atomic mass is 10.1. The van der Waals surface area contributed by atoms with E-state index in [1.165, 1.54) is 26.2 Å². The standard InChI is InChI=1S/C24H22ClNO6/c1-4-31-24(29)19(14(2)27)9-15-5-8-21(22(10-15)30-3)32-13-16-11-23(28)26-20-12-17(25)6-7-18(16)20/h5-12H,4,13H2,1-3H3,(H,26,28). The first kappa shape index (κ1) is 23.1. The monoisotopic (exact) mass is 455 g/mol. The van der Waals surface area contributed by atoms with Crippen molar-refractivity contribution in [3.05, 3.63) is 74.5 Å². The Morgan fingerprint density at radius 1 is 1.09 bits per heavy atom. The fraction of sp³-hybridized carbons (Fsp3) is 0.208. The van der Waals surface area contributed by atoms with Crippen LogP contribution < -0.4 is 15.0 Å². The van der Waals surface area contributed by atoms with E-state index in [2.05, 4.69) is 4.98 Å². The first-order chi connectivity index (χ1) is 15.3. The number of hydrogen-bond donors (Lipinski definition) is 1. The molecule has 1 aromatic heterocycles. The van der Waals surface area contributed by atoms with Gasteiger partial charge in [-0.05, 0) is 49.8 Å². The largest absolute Gasteiger partial charge is 0.493 e. The second kappa shape index (κ2) is 10.2. The maximum Gasteiger partial charge on any atom is 0.341 e. The van der Waals surface area contributed by atoms with Crippen molar-refractivity contribution in [1.82, 2.24) is 4.98 Å². The topological polar surface area (TPSA) is 94.7 Å². The molecule has 0 spiro atoms. The van der Waals surface area contributed by atoms with Crippen LogP contribution in [0.5, 0.6) is 11.5 Å². The number of carbonyl (C=O) groups excluding carboxylic acids is 2. The molecule has 0 radical (unpaired) electrons. The summed E-state index contributed by atoms with van der Waals surface area (Å²) < 4.78 is 16.3. The maximum atomic E-state index is 12.0. The van der Waals surface area contributed by atoms with E-state index < -0.39 is 11.8 Å². The van der Waals surface area contributed by atoms with E-state index in [4.69, 9.17) is 25.8 Å². The predicted octanol–water partition coefficient (Wildman–Crippen LogP) is 4.30. The lowest BCUT2D eigenvalue weighted by Crippen LogP contribution is -2.13. The van der Waals surface area contributed by atoms with E-state index in [1.807, 2.05) is 6.07 Å². The molecule has 7 nitrogen and oxygen atoms in total. The van der Waals surface area contributed by atoms with Crippen LogP contribution in [-0.2, 0) is 20.9 Å². The summed E-state index contributed by atoms with van der Waals surface area (Å²) in [5.74, 6) is -0.236. The van der Waals surface area contributed by atoms with Crippen molar-refractivity contribution in [3.8, 4) is 11.5 Å². The van der Waals surface area contributed by atoms with E-state index in [0.29, 0.717) is 33.2 Å². The van der Waals surface area contributed by atoms with Gasteiger partial charge >= 0.3 is 5.97 Å². The summed E-state index contributed by atoms with van der Waals surface area (Å²) in [6.07, 6.45) is 1.45. The zero-order chi connectivity index (χ0) is 23.3. The zero-order valence-electron chi connectivity index (χ0n) is 17.9. The number of methoxy groups -OCH3 is 1. The summed E-state index contributed by atoms with van der Waals surface area (Å²) >= 11 is 6.02. The molecule has 0 bridgehead atoms. The molecule has 0 aliphatic heterocycles. The van der Waals surface area contributed by atoms with Crippen molar-refractivity contribution in [1.29, 1.82) is 0 Å². The van der Waals surface area contributed by atoms with Crippen molar-refractivity contribution in [2.45, 2.75) is 20.5 Å². The van der Waals surface area contributed by atoms with Crippen LogP contribution in [0.25, 0.3) is 17.0 Å². The zero-order valence-corrected chi connectivity index (χ0v) is 18.6. The smallest absolute Gasteiger partial charge is 0.341 e. The van der Waals surface area contributed by atoms with E-state index >= 15 is 0 Å². The van der Waals surface area contributed by atoms with Crippen molar-refractivity contribution in [2.75, 3.05) is 13.7 Å². The number of ether oxygens (including phenoxy) is 3. The number of halogens is 1. The van der Waals surface area contributed by atoms with Gasteiger partial charge in [-0.2, -0.15) is 0 Å². The quantitative estimate of drug-likeness (QED) is 0.235. The molecule has 0 aliphatic carbocycles. The lowest BCUT2D eigenvalue weighted by molar-refractivity contribution is -0.139. The third-order valence-electron chi connectivity index (χ3n) is 4.65. The van der Waals surface area contributed by atoms with Crippen LogP contribution in [0.15, 0.2) is 52.8 Å². The second-order valence-electron chi connectivity index (χ2n) is 6.88. The molecule has 0 saturated heterocycles. The summed E-state index contributed by atoms with van der Waals surface area (Å²) in [6, 6.07) is 11.7. The minimum Gasteiger partial charge on any atom is -0.493 e. The highest BCUT2D eigenvalue weighted by Crippen LogP contribution is 2.30. The molecular weight excluding hydrogens is 434 g/mol. The van der Waals surface area contributed by atoms with Gasteiger partial charge in [0.05, 0.1) is 19.2 Å². The minimum atomic E-state index is -0.680. The van der Waals surface area contributed by atoms with Crippen LogP contribution in [0.4, 0.5) is 0 Å². The third kappa shape index (κ3) is 5.36. The van der Waals surface area contributed by atoms with Gasteiger partial charge in [0.15, 0.2) is 17.3 Å². The molecule has 32 heavy (non-hydrogen) atoms. The fourth-order valence-electron chi connectivity index (χ4n) is 3.15. The first-order valence-electron chi connectivity index (χ1n) is 9.84. The molecule has 0 fully saturated rings. The Hall–Kier alpha value is -3.58. The number of carbonyl (C=O) groups is 2. The minimum absolute atomic E-state index is 0.0591. The molecule has 2 aromatic carbocycles. The summed E-state index contributed by atoms with van der Waals surface area (Å²) in [6.45, 7) is 3.26. The van der Waals surface area contributed by atoms with Crippen molar-refractivity contribution < 1.29 is 23.8 Å². The van der Waals surface area contributed by atoms with Crippen LogP contribution in [0, 0.1) is 0 Å². The Bertz CT molecular complexity index is 1260. The summed E-state index contributed by atoms with van der Waals surface area (Å²) in [7, 11) is 1.48. The van der Waals surface area contributed by atoms with Crippen LogP contribution in [-0.4, -0.2) is 30.5 Å². The van der Waals surface area contributed by atoms with E-state index in [9.17, 15) is 14.4 Å². The molecular formula is C24H22ClNO6. The highest BCUT2D eigenvalue weighted by atomic mass is 35.5. The number of H-pyrrole nitrogens is 1. The van der Waals surface area contributed by atoms with E-state index in [-0.39, 0.29) is 24.3 Å². The molecule has 0 amide bonds. The van der Waals surface area contributed by atoms with Crippen LogP contribution in [0.3, 0.4) is 0 Å². The number of hydrogen-bond acceptors (Lipinski definition) is 6. The van der Waals surface area contributed by atoms with Crippen molar-refractivity contribution >= 4 is 40.3 Å². The molecule has 0 unspecified atom stereocenters. The summed E-state index contributed by atoms with van der Waals surface area (Å²) in [5.41, 5.74) is 1.56. The van der Waals surface area contributed by atoms with Gasteiger partial charge < -0.3 is 19.2 Å². The Morgan fingerprint density at radius 2 is 1.88 bits per heavy atom. The van der Waals surface area contributed by atoms with Gasteiger partial charge in [-0.15, -0.1) is 0 Å². The van der Waals surface area contributed by atoms with E-state index in [1.54, 1.807) is 37.3 Å². The molecule has 3 aromatic rings. The molecule has 8 heteroatoms. The highest BCUT2D eigenvalue weighted by Gasteiger charge is 2.16. The Labute approximate surface area is 189 Å². The predicted molar refractivity (Wildman–Crippen MR) is 122 cm³/mol. The number of Topliss-reactive ketones (excluding diaryl/α,β-unsaturated/α-hetero) is 1. The van der Waals surface area contributed by atoms with Crippen LogP contribution >= 0.6 is 11.6 Å². The fourth-order valence-corrected chi connectivity index (χ4v) is 3.32. The molecule has 1 N–H and O–H groups in total. The molecule has 0 saturated carbocycles. The number of aromatic nitrogens is 1. The lowest BCUT2D eigenvalue weighted by Gasteiger charge is -2.13. The van der Waals surface area contributed by atoms with Gasteiger partial charge in [-0.3, -0.25) is 9.59 Å². The molecule has 0 aliphatic rings. The average Bonchev–Trinajstić information content (AvgIpc) is 2.75. The SMILES string of the molecule is CCOC(=O)C(=Cc1ccc(OCc2cc(=O)[nH]c3cc(Cl)ccc23)c(OC)c1)C(C)=O. The summed E-state index contributed by atoms with van der Waals surface area (Å²) in [5, 5.41) is 1.33. The van der Waals surface area contributed by atoms with E-state index in [0.717, 1.165) is 5.39 Å². The van der Waals surface area contributed by atoms with Gasteiger partial charge in [0.25, 0.3) is 0 Å². The second-order valence-corrected chi connectivity index (χ2v) is 7.32. The normalized spacial score (nSPS) is 11.3.